The van der Waals surface area contributed by atoms with E-state index in [1.165, 1.54) is 13.3 Å². The summed E-state index contributed by atoms with van der Waals surface area (Å²) in [5.74, 6) is -0.219. The van der Waals surface area contributed by atoms with Gasteiger partial charge < -0.3 is 15.3 Å². The zero-order chi connectivity index (χ0) is 13.0. The van der Waals surface area contributed by atoms with E-state index >= 15 is 0 Å². The summed E-state index contributed by atoms with van der Waals surface area (Å²) in [6.45, 7) is 6.60. The first kappa shape index (κ1) is 17.3. The zero-order valence-corrected chi connectivity index (χ0v) is 10.7. The normalized spacial score (nSPS) is 11.1. The van der Waals surface area contributed by atoms with Crippen LogP contribution in [-0.4, -0.2) is 48.7 Å². The molecule has 5 heteroatoms. The average molecular weight is 229 g/mol. The van der Waals surface area contributed by atoms with Crippen molar-refractivity contribution in [2.75, 3.05) is 26.7 Å². The topological polar surface area (TPSA) is 76.4 Å². The van der Waals surface area contributed by atoms with Gasteiger partial charge in [0.2, 0.25) is 5.91 Å². The molecule has 1 unspecified atom stereocenters. The van der Waals surface area contributed by atoms with Crippen molar-refractivity contribution >= 4 is 5.91 Å². The fourth-order valence-corrected chi connectivity index (χ4v) is 0.938. The van der Waals surface area contributed by atoms with Crippen molar-refractivity contribution in [3.8, 4) is 6.07 Å². The summed E-state index contributed by atoms with van der Waals surface area (Å²) < 4.78 is 0. The molecular weight excluding hydrogens is 206 g/mol. The predicted octanol–water partition coefficient (Wildman–Crippen LogP) is 0.355. The summed E-state index contributed by atoms with van der Waals surface area (Å²) in [5.41, 5.74) is 0. The molecule has 1 amide bonds. The molecule has 0 heterocycles. The second-order valence-corrected chi connectivity index (χ2v) is 3.58. The number of nitrogens with one attached hydrogen (secondary N) is 1. The zero-order valence-electron chi connectivity index (χ0n) is 10.7. The first-order valence-corrected chi connectivity index (χ1v) is 5.47. The molecule has 0 aromatic heterocycles. The summed E-state index contributed by atoms with van der Waals surface area (Å²) in [6, 6.07) is 1.46. The Morgan fingerprint density at radius 3 is 2.38 bits per heavy atom. The third-order valence-corrected chi connectivity index (χ3v) is 1.51. The van der Waals surface area contributed by atoms with Crippen LogP contribution in [-0.2, 0) is 4.79 Å². The van der Waals surface area contributed by atoms with Crippen LogP contribution in [0.25, 0.3) is 0 Å². The summed E-state index contributed by atoms with van der Waals surface area (Å²) in [6.07, 6.45) is 1.25. The number of nitrogens with zero attached hydrogens (tertiary/aromatic N) is 2. The van der Waals surface area contributed by atoms with Gasteiger partial charge in [0.15, 0.2) is 0 Å². The number of hydrogen-bond acceptors (Lipinski definition) is 4. The van der Waals surface area contributed by atoms with Crippen LogP contribution >= 0.6 is 0 Å². The van der Waals surface area contributed by atoms with Gasteiger partial charge in [-0.05, 0) is 7.05 Å². The third-order valence-electron chi connectivity index (χ3n) is 1.51. The highest BCUT2D eigenvalue weighted by Gasteiger charge is 2.10. The number of rotatable bonds is 5. The molecule has 0 radical (unpaired) electrons. The highest BCUT2D eigenvalue weighted by Crippen LogP contribution is 1.87. The number of aliphatic hydroxyl groups is 1. The molecule has 94 valence electrons. The first-order chi connectivity index (χ1) is 7.51. The van der Waals surface area contributed by atoms with Crippen LogP contribution in [0.3, 0.4) is 0 Å². The standard InChI is InChI=1S/C8H15N3O2.C3H8/c1-7(13)10-8(5-9)6-11(2)3-4-12;1-3-2/h8,12H,3-4,6H2,1-2H3,(H,10,13);3H2,1-2H3. The molecule has 5 nitrogen and oxygen atoms in total. The summed E-state index contributed by atoms with van der Waals surface area (Å²) >= 11 is 0. The van der Waals surface area contributed by atoms with Gasteiger partial charge in [-0.2, -0.15) is 5.26 Å². The van der Waals surface area contributed by atoms with Crippen molar-refractivity contribution in [1.82, 2.24) is 10.2 Å². The van der Waals surface area contributed by atoms with Crippen molar-refractivity contribution in [2.45, 2.75) is 33.2 Å². The summed E-state index contributed by atoms with van der Waals surface area (Å²) in [5, 5.41) is 19.7. The third kappa shape index (κ3) is 12.9. The van der Waals surface area contributed by atoms with Gasteiger partial charge in [-0.25, -0.2) is 0 Å². The molecule has 0 spiro atoms. The minimum atomic E-state index is -0.506. The van der Waals surface area contributed by atoms with Gasteiger partial charge in [0.25, 0.3) is 0 Å². The van der Waals surface area contributed by atoms with E-state index in [1.54, 1.807) is 11.9 Å². The van der Waals surface area contributed by atoms with Crippen molar-refractivity contribution in [3.05, 3.63) is 0 Å². The molecule has 0 saturated carbocycles. The maximum atomic E-state index is 10.6. The molecular formula is C11H23N3O2. The molecule has 0 saturated heterocycles. The van der Waals surface area contributed by atoms with Crippen molar-refractivity contribution < 1.29 is 9.90 Å². The second kappa shape index (κ2) is 12.0. The maximum absolute atomic E-state index is 10.6. The van der Waals surface area contributed by atoms with Crippen LogP contribution < -0.4 is 5.32 Å². The lowest BCUT2D eigenvalue weighted by atomic mass is 10.3. The Kier molecular flexibility index (Phi) is 12.9. The monoisotopic (exact) mass is 229 g/mol. The minimum Gasteiger partial charge on any atom is -0.395 e. The lowest BCUT2D eigenvalue weighted by molar-refractivity contribution is -0.119. The Balaban J connectivity index is 0. The fourth-order valence-electron chi connectivity index (χ4n) is 0.938. The average Bonchev–Trinajstić information content (AvgIpc) is 2.17. The number of nitriles is 1. The Morgan fingerprint density at radius 1 is 1.56 bits per heavy atom. The van der Waals surface area contributed by atoms with Crippen LogP contribution in [0.2, 0.25) is 0 Å². The van der Waals surface area contributed by atoms with Crippen LogP contribution in [0.15, 0.2) is 0 Å². The van der Waals surface area contributed by atoms with Gasteiger partial charge in [-0.1, -0.05) is 20.3 Å². The molecule has 0 aliphatic heterocycles. The SMILES string of the molecule is CC(=O)NC(C#N)CN(C)CCO.CCC. The Hall–Kier alpha value is -1.12. The van der Waals surface area contributed by atoms with E-state index in [4.69, 9.17) is 10.4 Å². The highest BCUT2D eigenvalue weighted by molar-refractivity contribution is 5.73. The molecule has 0 aliphatic carbocycles. The Morgan fingerprint density at radius 2 is 2.06 bits per heavy atom. The van der Waals surface area contributed by atoms with Crippen molar-refractivity contribution in [2.24, 2.45) is 0 Å². The summed E-state index contributed by atoms with van der Waals surface area (Å²) in [7, 11) is 1.78. The lowest BCUT2D eigenvalue weighted by Gasteiger charge is -2.18. The van der Waals surface area contributed by atoms with Crippen LogP contribution in [0.1, 0.15) is 27.2 Å². The van der Waals surface area contributed by atoms with Gasteiger partial charge in [0.05, 0.1) is 12.7 Å². The molecule has 16 heavy (non-hydrogen) atoms. The van der Waals surface area contributed by atoms with Gasteiger partial charge in [-0.15, -0.1) is 0 Å². The molecule has 0 rings (SSSR count). The quantitative estimate of drug-likeness (QED) is 0.713. The predicted molar refractivity (Wildman–Crippen MR) is 63.8 cm³/mol. The van der Waals surface area contributed by atoms with Gasteiger partial charge in [0, 0.05) is 20.0 Å². The first-order valence-electron chi connectivity index (χ1n) is 5.47. The van der Waals surface area contributed by atoms with E-state index in [1.807, 2.05) is 6.07 Å². The van der Waals surface area contributed by atoms with Crippen LogP contribution in [0.5, 0.6) is 0 Å². The molecule has 0 aromatic carbocycles. The maximum Gasteiger partial charge on any atom is 0.217 e. The molecule has 0 fully saturated rings. The molecule has 0 bridgehead atoms. The number of aliphatic hydroxyl groups excluding tert-OH is 1. The van der Waals surface area contributed by atoms with Gasteiger partial charge in [0.1, 0.15) is 6.04 Å². The number of carbonyl (C=O) groups is 1. The lowest BCUT2D eigenvalue weighted by Crippen LogP contribution is -2.41. The summed E-state index contributed by atoms with van der Waals surface area (Å²) in [4.78, 5) is 12.4. The van der Waals surface area contributed by atoms with E-state index in [0.717, 1.165) is 0 Å². The van der Waals surface area contributed by atoms with Crippen molar-refractivity contribution in [3.63, 3.8) is 0 Å². The van der Waals surface area contributed by atoms with E-state index < -0.39 is 6.04 Å². The number of likely N-dealkylation sites (N-methyl/N-ethyl adjacent to an activating group) is 1. The van der Waals surface area contributed by atoms with Crippen molar-refractivity contribution in [1.29, 1.82) is 5.26 Å². The molecule has 2 N–H and O–H groups in total. The molecule has 0 aliphatic rings. The van der Waals surface area contributed by atoms with E-state index in [-0.39, 0.29) is 12.5 Å². The number of amides is 1. The van der Waals surface area contributed by atoms with Gasteiger partial charge in [-0.3, -0.25) is 4.79 Å². The minimum absolute atomic E-state index is 0.0503. The molecule has 1 atom stereocenters. The van der Waals surface area contributed by atoms with Crippen LogP contribution in [0.4, 0.5) is 0 Å². The van der Waals surface area contributed by atoms with Crippen LogP contribution in [0, 0.1) is 11.3 Å². The molecule has 0 aromatic rings. The van der Waals surface area contributed by atoms with E-state index in [2.05, 4.69) is 19.2 Å². The number of hydrogen-bond donors (Lipinski definition) is 2. The Bertz CT molecular complexity index is 214. The second-order valence-electron chi connectivity index (χ2n) is 3.58. The van der Waals surface area contributed by atoms with E-state index in [0.29, 0.717) is 13.1 Å². The number of carbonyl (C=O) groups excluding carboxylic acids is 1. The van der Waals surface area contributed by atoms with E-state index in [9.17, 15) is 4.79 Å². The smallest absolute Gasteiger partial charge is 0.217 e. The Labute approximate surface area is 98.1 Å². The van der Waals surface area contributed by atoms with Gasteiger partial charge >= 0.3 is 0 Å². The fraction of sp³-hybridized carbons (Fsp3) is 0.818. The highest BCUT2D eigenvalue weighted by atomic mass is 16.3. The largest absolute Gasteiger partial charge is 0.395 e.